The monoisotopic (exact) mass is 499 g/mol. The molecular formula is C31H34FN3O2. The molecule has 0 atom stereocenters. The first-order chi connectivity index (χ1) is 18.2. The average molecular weight is 500 g/mol. The van der Waals surface area contributed by atoms with E-state index >= 15 is 0 Å². The average Bonchev–Trinajstić information content (AvgIpc) is 3.29. The van der Waals surface area contributed by atoms with E-state index in [-0.39, 0.29) is 11.7 Å². The van der Waals surface area contributed by atoms with Gasteiger partial charge in [0.1, 0.15) is 5.82 Å². The molecule has 6 heteroatoms. The second-order valence-electron chi connectivity index (χ2n) is 10.4. The fourth-order valence-corrected chi connectivity index (χ4v) is 5.97. The molecule has 2 N–H and O–H groups in total. The number of hydrogen-bond donors (Lipinski definition) is 2. The number of morpholine rings is 1. The molecule has 1 amide bonds. The highest BCUT2D eigenvalue weighted by molar-refractivity contribution is 6.35. The zero-order valence-corrected chi connectivity index (χ0v) is 21.2. The van der Waals surface area contributed by atoms with Crippen molar-refractivity contribution in [2.24, 2.45) is 0 Å². The molecule has 37 heavy (non-hydrogen) atoms. The lowest BCUT2D eigenvalue weighted by molar-refractivity contribution is -0.110. The van der Waals surface area contributed by atoms with Crippen molar-refractivity contribution in [2.75, 3.05) is 38.2 Å². The van der Waals surface area contributed by atoms with Gasteiger partial charge in [-0.25, -0.2) is 4.39 Å². The summed E-state index contributed by atoms with van der Waals surface area (Å²) in [7, 11) is 0. The van der Waals surface area contributed by atoms with Crippen LogP contribution in [0.15, 0.2) is 42.5 Å². The van der Waals surface area contributed by atoms with Crippen LogP contribution in [0.2, 0.25) is 0 Å². The van der Waals surface area contributed by atoms with Crippen LogP contribution in [0, 0.1) is 5.82 Å². The summed E-state index contributed by atoms with van der Waals surface area (Å²) in [5, 5.41) is 3.05. The molecule has 192 valence electrons. The van der Waals surface area contributed by atoms with Crippen LogP contribution in [0.3, 0.4) is 0 Å². The highest BCUT2D eigenvalue weighted by atomic mass is 19.1. The number of rotatable bonds is 6. The molecule has 6 rings (SSSR count). The highest BCUT2D eigenvalue weighted by Crippen LogP contribution is 2.38. The van der Waals surface area contributed by atoms with Crippen molar-refractivity contribution in [3.8, 4) is 11.1 Å². The second-order valence-corrected chi connectivity index (χ2v) is 10.4. The van der Waals surface area contributed by atoms with Gasteiger partial charge < -0.3 is 15.0 Å². The number of hydrogen-bond acceptors (Lipinski definition) is 3. The van der Waals surface area contributed by atoms with Gasteiger partial charge in [0.15, 0.2) is 0 Å². The van der Waals surface area contributed by atoms with E-state index < -0.39 is 0 Å². The molecule has 0 bridgehead atoms. The van der Waals surface area contributed by atoms with Crippen LogP contribution in [0.1, 0.15) is 53.8 Å². The molecule has 1 fully saturated rings. The van der Waals surface area contributed by atoms with Gasteiger partial charge in [-0.3, -0.25) is 9.69 Å². The molecule has 2 aliphatic heterocycles. The molecular weight excluding hydrogens is 465 g/mol. The predicted octanol–water partition coefficient (Wildman–Crippen LogP) is 5.85. The normalized spacial score (nSPS) is 18.9. The Bertz CT molecular complexity index is 1320. The predicted molar refractivity (Wildman–Crippen MR) is 146 cm³/mol. The molecule has 0 unspecified atom stereocenters. The Balaban J connectivity index is 1.29. The Labute approximate surface area is 217 Å². The van der Waals surface area contributed by atoms with Gasteiger partial charge in [0.2, 0.25) is 0 Å². The quantitative estimate of drug-likeness (QED) is 0.331. The van der Waals surface area contributed by atoms with Gasteiger partial charge in [-0.1, -0.05) is 30.7 Å². The van der Waals surface area contributed by atoms with Crippen molar-refractivity contribution in [3.05, 3.63) is 76.4 Å². The fraction of sp³-hybridized carbons (Fsp3) is 0.387. The number of aromatic nitrogens is 1. The van der Waals surface area contributed by atoms with Gasteiger partial charge >= 0.3 is 0 Å². The number of nitrogens with one attached hydrogen (secondary N) is 2. The van der Waals surface area contributed by atoms with Crippen LogP contribution in [0.25, 0.3) is 22.8 Å². The van der Waals surface area contributed by atoms with E-state index in [1.807, 2.05) is 18.2 Å². The lowest BCUT2D eigenvalue weighted by Crippen LogP contribution is -2.37. The lowest BCUT2D eigenvalue weighted by atomic mass is 9.97. The molecule has 0 radical (unpaired) electrons. The third-order valence-corrected chi connectivity index (χ3v) is 7.97. The van der Waals surface area contributed by atoms with Gasteiger partial charge in [0, 0.05) is 35.7 Å². The summed E-state index contributed by atoms with van der Waals surface area (Å²) in [5.41, 5.74) is 9.62. The number of carbonyl (C=O) groups is 1. The van der Waals surface area contributed by atoms with Crippen LogP contribution in [0.4, 0.5) is 10.1 Å². The topological polar surface area (TPSA) is 57.4 Å². The minimum absolute atomic E-state index is 0.0738. The molecule has 0 spiro atoms. The smallest absolute Gasteiger partial charge is 0.256 e. The molecule has 0 saturated carbocycles. The number of fused-ring (bicyclic) bond motifs is 2. The summed E-state index contributed by atoms with van der Waals surface area (Å²) in [6, 6.07) is 12.4. The van der Waals surface area contributed by atoms with Gasteiger partial charge in [-0.2, -0.15) is 0 Å². The zero-order chi connectivity index (χ0) is 25.2. The first kappa shape index (κ1) is 24.1. The van der Waals surface area contributed by atoms with Crippen LogP contribution in [-0.4, -0.2) is 48.6 Å². The maximum atomic E-state index is 13.4. The van der Waals surface area contributed by atoms with E-state index in [9.17, 15) is 9.18 Å². The van der Waals surface area contributed by atoms with Crippen LogP contribution in [0.5, 0.6) is 0 Å². The number of aromatic amines is 1. The number of amides is 1. The summed E-state index contributed by atoms with van der Waals surface area (Å²) < 4.78 is 18.9. The van der Waals surface area contributed by atoms with E-state index in [4.69, 9.17) is 4.74 Å². The van der Waals surface area contributed by atoms with E-state index in [1.165, 1.54) is 48.2 Å². The molecule has 3 aromatic rings. The SMILES string of the molecule is O=C1Nc2cc(-c3ccc(F)cc3)ccc2C1=Cc1[nH]c2c(c1CCCN1CCOCC1)CCCCC2. The number of anilines is 1. The van der Waals surface area contributed by atoms with E-state index in [0.29, 0.717) is 5.57 Å². The highest BCUT2D eigenvalue weighted by Gasteiger charge is 2.26. The summed E-state index contributed by atoms with van der Waals surface area (Å²) in [6.45, 7) is 4.76. The van der Waals surface area contributed by atoms with Crippen molar-refractivity contribution in [3.63, 3.8) is 0 Å². The van der Waals surface area contributed by atoms with E-state index in [0.717, 1.165) is 86.6 Å². The van der Waals surface area contributed by atoms with Gasteiger partial charge in [0.05, 0.1) is 18.8 Å². The van der Waals surface area contributed by atoms with Crippen LogP contribution >= 0.6 is 0 Å². The molecule has 2 aromatic carbocycles. The maximum Gasteiger partial charge on any atom is 0.256 e. The molecule has 1 aliphatic carbocycles. The summed E-state index contributed by atoms with van der Waals surface area (Å²) >= 11 is 0. The maximum absolute atomic E-state index is 13.4. The van der Waals surface area contributed by atoms with Crippen LogP contribution < -0.4 is 5.32 Å². The van der Waals surface area contributed by atoms with Crippen molar-refractivity contribution in [2.45, 2.75) is 44.9 Å². The number of aryl methyl sites for hydroxylation is 1. The number of H-pyrrole nitrogens is 1. The molecule has 1 saturated heterocycles. The number of halogens is 1. The minimum atomic E-state index is -0.256. The molecule has 3 aliphatic rings. The Morgan fingerprint density at radius 1 is 0.973 bits per heavy atom. The van der Waals surface area contributed by atoms with Gasteiger partial charge in [-0.05, 0) is 91.6 Å². The Kier molecular flexibility index (Phi) is 6.94. The third-order valence-electron chi connectivity index (χ3n) is 7.97. The first-order valence-corrected chi connectivity index (χ1v) is 13.6. The number of ether oxygens (including phenoxy) is 1. The lowest BCUT2D eigenvalue weighted by Gasteiger charge is -2.26. The van der Waals surface area contributed by atoms with Crippen molar-refractivity contribution < 1.29 is 13.9 Å². The number of benzene rings is 2. The minimum Gasteiger partial charge on any atom is -0.379 e. The Morgan fingerprint density at radius 2 is 1.76 bits per heavy atom. The van der Waals surface area contributed by atoms with E-state index in [2.05, 4.69) is 21.3 Å². The largest absolute Gasteiger partial charge is 0.379 e. The van der Waals surface area contributed by atoms with Crippen molar-refractivity contribution in [1.29, 1.82) is 0 Å². The number of nitrogens with zero attached hydrogens (tertiary/aromatic N) is 1. The first-order valence-electron chi connectivity index (χ1n) is 13.6. The second kappa shape index (κ2) is 10.6. The fourth-order valence-electron chi connectivity index (χ4n) is 5.97. The van der Waals surface area contributed by atoms with E-state index in [1.54, 1.807) is 12.1 Å². The Morgan fingerprint density at radius 3 is 2.59 bits per heavy atom. The van der Waals surface area contributed by atoms with Gasteiger partial charge in [0.25, 0.3) is 5.91 Å². The third kappa shape index (κ3) is 5.13. The molecule has 5 nitrogen and oxygen atoms in total. The van der Waals surface area contributed by atoms with Gasteiger partial charge in [-0.15, -0.1) is 0 Å². The number of carbonyl (C=O) groups excluding carboxylic acids is 1. The Hall–Kier alpha value is -3.22. The summed E-state index contributed by atoms with van der Waals surface area (Å²) in [6.07, 6.45) is 10.1. The zero-order valence-electron chi connectivity index (χ0n) is 21.2. The summed E-state index contributed by atoms with van der Waals surface area (Å²) in [5.74, 6) is -0.330. The van der Waals surface area contributed by atoms with Crippen molar-refractivity contribution >= 4 is 23.2 Å². The summed E-state index contributed by atoms with van der Waals surface area (Å²) in [4.78, 5) is 19.3. The standard InChI is InChI=1S/C31H34FN3O2/c32-23-11-8-21(9-12-23)22-10-13-26-27(31(36)34-29(26)19-22)20-30-25(6-4-14-35-15-17-37-18-16-35)24-5-2-1-3-7-28(24)33-30/h8-13,19-20,33H,1-7,14-18H2,(H,34,36). The molecule has 1 aromatic heterocycles. The van der Waals surface area contributed by atoms with Crippen LogP contribution in [-0.2, 0) is 28.8 Å². The van der Waals surface area contributed by atoms with Crippen molar-refractivity contribution in [1.82, 2.24) is 9.88 Å². The molecule has 3 heterocycles.